The molecule has 0 aliphatic carbocycles. The number of likely N-dealkylation sites (tertiary alicyclic amines) is 1. The molecule has 0 unspecified atom stereocenters. The molecule has 0 aromatic carbocycles. The predicted octanol–water partition coefficient (Wildman–Crippen LogP) is 0.354. The van der Waals surface area contributed by atoms with Crippen molar-refractivity contribution in [2.75, 3.05) is 26.2 Å². The number of carbonyl (C=O) groups is 1. The zero-order chi connectivity index (χ0) is 14.3. The normalized spacial score (nSPS) is 27.1. The highest BCUT2D eigenvalue weighted by molar-refractivity contribution is 5.92. The smallest absolute Gasteiger partial charge is 0.274 e. The highest BCUT2D eigenvalue weighted by atomic mass is 16.5. The van der Waals surface area contributed by atoms with E-state index in [-0.39, 0.29) is 12.0 Å². The largest absolute Gasteiger partial charge is 0.373 e. The van der Waals surface area contributed by atoms with Crippen molar-refractivity contribution in [2.45, 2.75) is 32.0 Å². The van der Waals surface area contributed by atoms with E-state index in [0.717, 1.165) is 19.7 Å². The highest BCUT2D eigenvalue weighted by Gasteiger charge is 2.42. The standard InChI is InChI=1S/C14H22N4O2/c1-10(2)18-6-7-20-13-9-17(8-12(13)18)14(19)11-4-5-16(3)15-11/h4-5,10,12-13H,6-9H2,1-3H3/t12-,13+/m1/s1. The minimum atomic E-state index is 0.00676. The van der Waals surface area contributed by atoms with Crippen molar-refractivity contribution in [2.24, 2.45) is 7.05 Å². The lowest BCUT2D eigenvalue weighted by Crippen LogP contribution is -2.53. The van der Waals surface area contributed by atoms with Gasteiger partial charge >= 0.3 is 0 Å². The van der Waals surface area contributed by atoms with Crippen LogP contribution in [0.1, 0.15) is 24.3 Å². The number of morpholine rings is 1. The van der Waals surface area contributed by atoms with E-state index in [2.05, 4.69) is 23.8 Å². The Labute approximate surface area is 119 Å². The van der Waals surface area contributed by atoms with Crippen molar-refractivity contribution in [3.63, 3.8) is 0 Å². The van der Waals surface area contributed by atoms with Gasteiger partial charge in [-0.15, -0.1) is 0 Å². The molecule has 6 nitrogen and oxygen atoms in total. The van der Waals surface area contributed by atoms with E-state index in [4.69, 9.17) is 4.74 Å². The number of fused-ring (bicyclic) bond motifs is 1. The van der Waals surface area contributed by atoms with Crippen molar-refractivity contribution in [1.29, 1.82) is 0 Å². The molecule has 110 valence electrons. The van der Waals surface area contributed by atoms with E-state index >= 15 is 0 Å². The molecule has 0 N–H and O–H groups in total. The summed E-state index contributed by atoms with van der Waals surface area (Å²) in [6.07, 6.45) is 1.94. The molecule has 0 saturated carbocycles. The van der Waals surface area contributed by atoms with Crippen molar-refractivity contribution >= 4 is 5.91 Å². The van der Waals surface area contributed by atoms with Gasteiger partial charge in [-0.2, -0.15) is 5.10 Å². The number of hydrogen-bond donors (Lipinski definition) is 0. The Morgan fingerprint density at radius 1 is 1.45 bits per heavy atom. The monoisotopic (exact) mass is 278 g/mol. The summed E-state index contributed by atoms with van der Waals surface area (Å²) in [5, 5.41) is 4.20. The number of amides is 1. The molecule has 1 amide bonds. The lowest BCUT2D eigenvalue weighted by molar-refractivity contribution is -0.0582. The van der Waals surface area contributed by atoms with Crippen LogP contribution in [-0.2, 0) is 11.8 Å². The number of carbonyl (C=O) groups excluding carboxylic acids is 1. The first-order valence-electron chi connectivity index (χ1n) is 7.22. The minimum Gasteiger partial charge on any atom is -0.373 e. The van der Waals surface area contributed by atoms with Crippen LogP contribution in [-0.4, -0.2) is 69.9 Å². The molecule has 0 spiro atoms. The quantitative estimate of drug-likeness (QED) is 0.783. The lowest BCUT2D eigenvalue weighted by atomic mass is 10.1. The molecule has 2 aliphatic heterocycles. The lowest BCUT2D eigenvalue weighted by Gasteiger charge is -2.39. The summed E-state index contributed by atoms with van der Waals surface area (Å²) in [5.74, 6) is 0.00676. The fourth-order valence-corrected chi connectivity index (χ4v) is 3.21. The molecule has 3 heterocycles. The summed E-state index contributed by atoms with van der Waals surface area (Å²) < 4.78 is 7.50. The molecular weight excluding hydrogens is 256 g/mol. The van der Waals surface area contributed by atoms with Crippen LogP contribution >= 0.6 is 0 Å². The Bertz CT molecular complexity index is 499. The van der Waals surface area contributed by atoms with Crippen LogP contribution in [0.3, 0.4) is 0 Å². The summed E-state index contributed by atoms with van der Waals surface area (Å²) in [5.41, 5.74) is 0.516. The Hall–Kier alpha value is -1.40. The fraction of sp³-hybridized carbons (Fsp3) is 0.714. The van der Waals surface area contributed by atoms with Gasteiger partial charge in [-0.1, -0.05) is 0 Å². The van der Waals surface area contributed by atoms with Gasteiger partial charge in [-0.05, 0) is 19.9 Å². The first kappa shape index (κ1) is 13.6. The van der Waals surface area contributed by atoms with Gasteiger partial charge in [0.1, 0.15) is 5.69 Å². The first-order valence-corrected chi connectivity index (χ1v) is 7.22. The topological polar surface area (TPSA) is 50.6 Å². The van der Waals surface area contributed by atoms with Crippen molar-refractivity contribution < 1.29 is 9.53 Å². The number of rotatable bonds is 2. The third kappa shape index (κ3) is 2.33. The van der Waals surface area contributed by atoms with E-state index in [1.165, 1.54) is 0 Å². The predicted molar refractivity (Wildman–Crippen MR) is 74.5 cm³/mol. The Kier molecular flexibility index (Phi) is 3.52. The second kappa shape index (κ2) is 5.18. The number of ether oxygens (including phenoxy) is 1. The van der Waals surface area contributed by atoms with Gasteiger partial charge in [0.15, 0.2) is 0 Å². The van der Waals surface area contributed by atoms with Crippen LogP contribution < -0.4 is 0 Å². The fourth-order valence-electron chi connectivity index (χ4n) is 3.21. The zero-order valence-corrected chi connectivity index (χ0v) is 12.3. The van der Waals surface area contributed by atoms with Gasteiger partial charge in [0.2, 0.25) is 0 Å². The summed E-state index contributed by atoms with van der Waals surface area (Å²) in [6, 6.07) is 2.57. The van der Waals surface area contributed by atoms with Gasteiger partial charge < -0.3 is 9.64 Å². The summed E-state index contributed by atoms with van der Waals surface area (Å²) >= 11 is 0. The zero-order valence-electron chi connectivity index (χ0n) is 12.3. The van der Waals surface area contributed by atoms with E-state index in [9.17, 15) is 4.79 Å². The number of nitrogens with zero attached hydrogens (tertiary/aromatic N) is 4. The molecule has 2 fully saturated rings. The second-order valence-electron chi connectivity index (χ2n) is 5.89. The van der Waals surface area contributed by atoms with Gasteiger partial charge in [-0.3, -0.25) is 14.4 Å². The number of aryl methyl sites for hydroxylation is 1. The van der Waals surface area contributed by atoms with Gasteiger partial charge in [-0.25, -0.2) is 0 Å². The average Bonchev–Trinajstić information content (AvgIpc) is 3.02. The average molecular weight is 278 g/mol. The molecule has 1 aromatic rings. The van der Waals surface area contributed by atoms with Crippen LogP contribution in [0.25, 0.3) is 0 Å². The highest BCUT2D eigenvalue weighted by Crippen LogP contribution is 2.25. The van der Waals surface area contributed by atoms with Crippen LogP contribution in [0.4, 0.5) is 0 Å². The third-order valence-electron chi connectivity index (χ3n) is 4.23. The molecule has 6 heteroatoms. The maximum absolute atomic E-state index is 12.5. The molecule has 1 aromatic heterocycles. The molecular formula is C14H22N4O2. The molecule has 2 atom stereocenters. The number of aromatic nitrogens is 2. The van der Waals surface area contributed by atoms with Crippen LogP contribution in [0.5, 0.6) is 0 Å². The van der Waals surface area contributed by atoms with Crippen LogP contribution in [0, 0.1) is 0 Å². The second-order valence-corrected chi connectivity index (χ2v) is 5.89. The SMILES string of the molecule is CC(C)N1CCO[C@H]2CN(C(=O)c3ccn(C)n3)C[C@H]21. The summed E-state index contributed by atoms with van der Waals surface area (Å²) in [6.45, 7) is 7.51. The van der Waals surface area contributed by atoms with Gasteiger partial charge in [0.05, 0.1) is 18.8 Å². The van der Waals surface area contributed by atoms with Crippen molar-refractivity contribution in [3.8, 4) is 0 Å². The van der Waals surface area contributed by atoms with E-state index < -0.39 is 0 Å². The molecule has 0 bridgehead atoms. The Balaban J connectivity index is 1.73. The summed E-state index contributed by atoms with van der Waals surface area (Å²) in [4.78, 5) is 16.8. The maximum Gasteiger partial charge on any atom is 0.274 e. The first-order chi connectivity index (χ1) is 9.56. The van der Waals surface area contributed by atoms with Gasteiger partial charge in [0, 0.05) is 38.9 Å². The van der Waals surface area contributed by atoms with Crippen LogP contribution in [0.2, 0.25) is 0 Å². The van der Waals surface area contributed by atoms with Crippen molar-refractivity contribution in [3.05, 3.63) is 18.0 Å². The molecule has 3 rings (SSSR count). The number of hydrogen-bond acceptors (Lipinski definition) is 4. The van der Waals surface area contributed by atoms with E-state index in [1.54, 1.807) is 16.9 Å². The van der Waals surface area contributed by atoms with E-state index in [0.29, 0.717) is 24.3 Å². The van der Waals surface area contributed by atoms with Crippen molar-refractivity contribution in [1.82, 2.24) is 19.6 Å². The molecule has 20 heavy (non-hydrogen) atoms. The van der Waals surface area contributed by atoms with Crippen LogP contribution in [0.15, 0.2) is 12.3 Å². The minimum absolute atomic E-state index is 0.00676. The Morgan fingerprint density at radius 3 is 2.90 bits per heavy atom. The summed E-state index contributed by atoms with van der Waals surface area (Å²) in [7, 11) is 1.82. The molecule has 2 aliphatic rings. The third-order valence-corrected chi connectivity index (χ3v) is 4.23. The maximum atomic E-state index is 12.5. The van der Waals surface area contributed by atoms with Gasteiger partial charge in [0.25, 0.3) is 5.91 Å². The molecule has 2 saturated heterocycles. The van der Waals surface area contributed by atoms with E-state index in [1.807, 2.05) is 11.9 Å². The Morgan fingerprint density at radius 2 is 2.25 bits per heavy atom. The molecule has 0 radical (unpaired) electrons.